The summed E-state index contributed by atoms with van der Waals surface area (Å²) in [5, 5.41) is 11.0. The standard InChI is InChI=1S/C13H15NO3/c1-10(11-5-3-2-4-6-11)9-14-12(15)7-8-13(16)17/h2-8,10H,9H2,1H3,(H,14,15)(H,16,17)/b8-7+. The Morgan fingerprint density at radius 1 is 1.29 bits per heavy atom. The van der Waals surface area contributed by atoms with Gasteiger partial charge in [0.2, 0.25) is 5.91 Å². The summed E-state index contributed by atoms with van der Waals surface area (Å²) in [6.45, 7) is 2.48. The van der Waals surface area contributed by atoms with E-state index in [0.717, 1.165) is 17.7 Å². The molecule has 2 N–H and O–H groups in total. The van der Waals surface area contributed by atoms with E-state index < -0.39 is 11.9 Å². The number of aliphatic carboxylic acids is 1. The number of hydrogen-bond acceptors (Lipinski definition) is 2. The number of carbonyl (C=O) groups excluding carboxylic acids is 1. The Bertz CT molecular complexity index is 412. The molecule has 4 heteroatoms. The molecule has 90 valence electrons. The second-order valence-electron chi connectivity index (χ2n) is 3.73. The van der Waals surface area contributed by atoms with Gasteiger partial charge >= 0.3 is 5.97 Å². The lowest BCUT2D eigenvalue weighted by molar-refractivity contribution is -0.131. The molecule has 1 aromatic rings. The molecule has 0 saturated heterocycles. The van der Waals surface area contributed by atoms with Crippen molar-refractivity contribution in [3.8, 4) is 0 Å². The molecule has 1 unspecified atom stereocenters. The summed E-state index contributed by atoms with van der Waals surface area (Å²) in [6.07, 6.45) is 1.84. The van der Waals surface area contributed by atoms with Crippen molar-refractivity contribution in [2.24, 2.45) is 0 Å². The normalized spacial score (nSPS) is 12.3. The Balaban J connectivity index is 2.41. The predicted molar refractivity (Wildman–Crippen MR) is 64.6 cm³/mol. The van der Waals surface area contributed by atoms with Crippen LogP contribution >= 0.6 is 0 Å². The fourth-order valence-corrected chi connectivity index (χ4v) is 1.36. The van der Waals surface area contributed by atoms with Crippen LogP contribution in [0.5, 0.6) is 0 Å². The van der Waals surface area contributed by atoms with Gasteiger partial charge in [-0.25, -0.2) is 4.79 Å². The first-order valence-electron chi connectivity index (χ1n) is 5.33. The van der Waals surface area contributed by atoms with Crippen molar-refractivity contribution in [3.05, 3.63) is 48.0 Å². The van der Waals surface area contributed by atoms with Crippen LogP contribution < -0.4 is 5.32 Å². The molecule has 0 aromatic heterocycles. The maximum absolute atomic E-state index is 11.2. The van der Waals surface area contributed by atoms with Crippen LogP contribution in [0.2, 0.25) is 0 Å². The third kappa shape index (κ3) is 4.97. The van der Waals surface area contributed by atoms with Gasteiger partial charge in [0.1, 0.15) is 0 Å². The highest BCUT2D eigenvalue weighted by Gasteiger charge is 2.05. The van der Waals surface area contributed by atoms with Gasteiger partial charge < -0.3 is 10.4 Å². The van der Waals surface area contributed by atoms with Crippen LogP contribution in [0.4, 0.5) is 0 Å². The highest BCUT2D eigenvalue weighted by Crippen LogP contribution is 2.12. The van der Waals surface area contributed by atoms with E-state index in [4.69, 9.17) is 5.11 Å². The molecule has 17 heavy (non-hydrogen) atoms. The predicted octanol–water partition coefficient (Wildman–Crippen LogP) is 1.55. The van der Waals surface area contributed by atoms with Gasteiger partial charge in [-0.15, -0.1) is 0 Å². The Labute approximate surface area is 100.0 Å². The number of carbonyl (C=O) groups is 2. The zero-order valence-corrected chi connectivity index (χ0v) is 9.59. The number of amides is 1. The summed E-state index contributed by atoms with van der Waals surface area (Å²) in [5.74, 6) is -1.33. The molecule has 1 aromatic carbocycles. The molecular weight excluding hydrogens is 218 g/mol. The van der Waals surface area contributed by atoms with Crippen LogP contribution in [0.15, 0.2) is 42.5 Å². The molecule has 0 saturated carbocycles. The molecule has 4 nitrogen and oxygen atoms in total. The average Bonchev–Trinajstić information content (AvgIpc) is 2.34. The fraction of sp³-hybridized carbons (Fsp3) is 0.231. The van der Waals surface area contributed by atoms with Crippen molar-refractivity contribution in [2.75, 3.05) is 6.54 Å². The van der Waals surface area contributed by atoms with E-state index in [2.05, 4.69) is 5.32 Å². The Hall–Kier alpha value is -2.10. The van der Waals surface area contributed by atoms with Gasteiger partial charge in [0.15, 0.2) is 0 Å². The van der Waals surface area contributed by atoms with E-state index >= 15 is 0 Å². The summed E-state index contributed by atoms with van der Waals surface area (Å²) >= 11 is 0. The third-order valence-electron chi connectivity index (χ3n) is 2.33. The van der Waals surface area contributed by atoms with Crippen LogP contribution in [-0.2, 0) is 9.59 Å². The molecule has 1 amide bonds. The van der Waals surface area contributed by atoms with Crippen molar-refractivity contribution < 1.29 is 14.7 Å². The third-order valence-corrected chi connectivity index (χ3v) is 2.33. The number of carboxylic acids is 1. The number of carboxylic acid groups (broad SMARTS) is 1. The summed E-state index contributed by atoms with van der Waals surface area (Å²) in [4.78, 5) is 21.4. The number of rotatable bonds is 5. The van der Waals surface area contributed by atoms with Crippen molar-refractivity contribution in [2.45, 2.75) is 12.8 Å². The molecule has 1 atom stereocenters. The van der Waals surface area contributed by atoms with Crippen LogP contribution in [-0.4, -0.2) is 23.5 Å². The second-order valence-corrected chi connectivity index (χ2v) is 3.73. The minimum absolute atomic E-state index is 0.193. The Kier molecular flexibility index (Phi) is 4.94. The molecule has 0 radical (unpaired) electrons. The first kappa shape index (κ1) is 13.0. The van der Waals surface area contributed by atoms with E-state index in [1.54, 1.807) is 0 Å². The molecule has 0 aliphatic rings. The first-order chi connectivity index (χ1) is 8.09. The fourth-order valence-electron chi connectivity index (χ4n) is 1.36. The van der Waals surface area contributed by atoms with Gasteiger partial charge in [0.25, 0.3) is 0 Å². The van der Waals surface area contributed by atoms with Crippen molar-refractivity contribution in [3.63, 3.8) is 0 Å². The van der Waals surface area contributed by atoms with E-state index in [-0.39, 0.29) is 5.92 Å². The maximum atomic E-state index is 11.2. The highest BCUT2D eigenvalue weighted by atomic mass is 16.4. The van der Waals surface area contributed by atoms with Crippen LogP contribution in [0, 0.1) is 0 Å². The second kappa shape index (κ2) is 6.48. The SMILES string of the molecule is CC(CNC(=O)/C=C/C(=O)O)c1ccccc1. The molecule has 1 rings (SSSR count). The zero-order valence-electron chi connectivity index (χ0n) is 9.59. The monoisotopic (exact) mass is 233 g/mol. The minimum atomic E-state index is -1.13. The van der Waals surface area contributed by atoms with Crippen LogP contribution in [0.3, 0.4) is 0 Å². The lowest BCUT2D eigenvalue weighted by Crippen LogP contribution is -2.25. The minimum Gasteiger partial charge on any atom is -0.478 e. The lowest BCUT2D eigenvalue weighted by Gasteiger charge is -2.11. The first-order valence-corrected chi connectivity index (χ1v) is 5.33. The van der Waals surface area contributed by atoms with Crippen molar-refractivity contribution >= 4 is 11.9 Å². The van der Waals surface area contributed by atoms with Crippen LogP contribution in [0.1, 0.15) is 18.4 Å². The largest absolute Gasteiger partial charge is 0.478 e. The topological polar surface area (TPSA) is 66.4 Å². The van der Waals surface area contributed by atoms with Crippen LogP contribution in [0.25, 0.3) is 0 Å². The molecule has 0 aliphatic heterocycles. The number of benzene rings is 1. The molecule has 0 aliphatic carbocycles. The van der Waals surface area contributed by atoms with E-state index in [0.29, 0.717) is 6.54 Å². The number of hydrogen-bond donors (Lipinski definition) is 2. The summed E-state index contributed by atoms with van der Waals surface area (Å²) in [6, 6.07) is 9.80. The maximum Gasteiger partial charge on any atom is 0.328 e. The van der Waals surface area contributed by atoms with E-state index in [9.17, 15) is 9.59 Å². The molecule has 0 bridgehead atoms. The summed E-state index contributed by atoms with van der Waals surface area (Å²) in [7, 11) is 0. The Morgan fingerprint density at radius 2 is 1.94 bits per heavy atom. The van der Waals surface area contributed by atoms with E-state index in [1.165, 1.54) is 0 Å². The van der Waals surface area contributed by atoms with Gasteiger partial charge in [-0.3, -0.25) is 4.79 Å². The molecule has 0 heterocycles. The van der Waals surface area contributed by atoms with Gasteiger partial charge in [-0.1, -0.05) is 37.3 Å². The quantitative estimate of drug-likeness (QED) is 0.758. The average molecular weight is 233 g/mol. The van der Waals surface area contributed by atoms with Gasteiger partial charge in [0.05, 0.1) is 0 Å². The molecule has 0 fully saturated rings. The highest BCUT2D eigenvalue weighted by molar-refractivity contribution is 5.93. The number of nitrogens with one attached hydrogen (secondary N) is 1. The molecular formula is C13H15NO3. The van der Waals surface area contributed by atoms with Crippen molar-refractivity contribution in [1.29, 1.82) is 0 Å². The smallest absolute Gasteiger partial charge is 0.328 e. The lowest BCUT2D eigenvalue weighted by atomic mass is 10.0. The Morgan fingerprint density at radius 3 is 2.53 bits per heavy atom. The van der Waals surface area contributed by atoms with Gasteiger partial charge in [-0.05, 0) is 11.5 Å². The molecule has 0 spiro atoms. The summed E-state index contributed by atoms with van der Waals surface area (Å²) in [5.41, 5.74) is 1.13. The van der Waals surface area contributed by atoms with E-state index in [1.807, 2.05) is 37.3 Å². The summed E-state index contributed by atoms with van der Waals surface area (Å²) < 4.78 is 0. The van der Waals surface area contributed by atoms with Crippen molar-refractivity contribution in [1.82, 2.24) is 5.32 Å². The van der Waals surface area contributed by atoms with Gasteiger partial charge in [-0.2, -0.15) is 0 Å². The zero-order chi connectivity index (χ0) is 12.7. The van der Waals surface area contributed by atoms with Gasteiger partial charge in [0, 0.05) is 18.7 Å².